The molecule has 0 aliphatic rings. The lowest BCUT2D eigenvalue weighted by Crippen LogP contribution is -2.06. The number of para-hydroxylation sites is 1. The van der Waals surface area contributed by atoms with Gasteiger partial charge < -0.3 is 10.7 Å². The molecule has 0 spiro atoms. The van der Waals surface area contributed by atoms with E-state index in [1.807, 2.05) is 24.3 Å². The quantitative estimate of drug-likeness (QED) is 0.672. The Morgan fingerprint density at radius 2 is 1.94 bits per heavy atom. The number of hydrogen-bond donors (Lipinski definition) is 2. The maximum absolute atomic E-state index is 12.4. The van der Waals surface area contributed by atoms with Crippen molar-refractivity contribution in [3.63, 3.8) is 0 Å². The predicted molar refractivity (Wildman–Crippen MR) is 70.4 cm³/mol. The lowest BCUT2D eigenvalue weighted by Gasteiger charge is -2.02. The molecule has 2 heterocycles. The number of H-pyrrole nitrogens is 1. The Bertz CT molecular complexity index is 730. The summed E-state index contributed by atoms with van der Waals surface area (Å²) >= 11 is 0. The first-order valence-corrected chi connectivity index (χ1v) is 5.58. The highest BCUT2D eigenvalue weighted by Gasteiger charge is 2.16. The molecule has 4 heteroatoms. The smallest absolute Gasteiger partial charge is 0.198 e. The van der Waals surface area contributed by atoms with Gasteiger partial charge in [-0.25, -0.2) is 4.98 Å². The summed E-state index contributed by atoms with van der Waals surface area (Å²) < 4.78 is 0. The van der Waals surface area contributed by atoms with E-state index in [2.05, 4.69) is 9.97 Å². The van der Waals surface area contributed by atoms with E-state index in [9.17, 15) is 4.79 Å². The van der Waals surface area contributed by atoms with E-state index in [1.165, 1.54) is 0 Å². The zero-order valence-electron chi connectivity index (χ0n) is 9.55. The molecule has 18 heavy (non-hydrogen) atoms. The lowest BCUT2D eigenvalue weighted by atomic mass is 10.0. The molecule has 3 aromatic rings. The van der Waals surface area contributed by atoms with Gasteiger partial charge in [0.05, 0.1) is 5.56 Å². The first kappa shape index (κ1) is 10.5. The fourth-order valence-corrected chi connectivity index (χ4v) is 2.01. The largest absolute Gasteiger partial charge is 0.383 e. The number of nitrogens with one attached hydrogen (secondary N) is 1. The molecular weight excluding hydrogens is 226 g/mol. The molecule has 88 valence electrons. The molecule has 1 aromatic carbocycles. The second kappa shape index (κ2) is 4.00. The first-order valence-electron chi connectivity index (χ1n) is 5.58. The third-order valence-electron chi connectivity index (χ3n) is 2.92. The number of nitrogens with zero attached hydrogens (tertiary/aromatic N) is 1. The number of rotatable bonds is 2. The van der Waals surface area contributed by atoms with Crippen LogP contribution in [0.2, 0.25) is 0 Å². The van der Waals surface area contributed by atoms with Crippen molar-refractivity contribution in [2.45, 2.75) is 0 Å². The van der Waals surface area contributed by atoms with Gasteiger partial charge in [-0.3, -0.25) is 4.79 Å². The van der Waals surface area contributed by atoms with Crippen molar-refractivity contribution < 1.29 is 4.79 Å². The molecule has 0 radical (unpaired) electrons. The van der Waals surface area contributed by atoms with Crippen LogP contribution in [-0.2, 0) is 0 Å². The minimum atomic E-state index is -0.113. The van der Waals surface area contributed by atoms with Gasteiger partial charge in [-0.2, -0.15) is 0 Å². The van der Waals surface area contributed by atoms with Gasteiger partial charge >= 0.3 is 0 Å². The summed E-state index contributed by atoms with van der Waals surface area (Å²) in [7, 11) is 0. The van der Waals surface area contributed by atoms with Crippen molar-refractivity contribution in [1.82, 2.24) is 9.97 Å². The molecule has 0 unspecified atom stereocenters. The van der Waals surface area contributed by atoms with Crippen LogP contribution in [0.1, 0.15) is 15.9 Å². The molecule has 2 aromatic heterocycles. The van der Waals surface area contributed by atoms with Gasteiger partial charge in [0.1, 0.15) is 5.82 Å². The SMILES string of the molecule is Nc1ncccc1C(=O)c1c[nH]c2ccccc12. The number of aromatic nitrogens is 2. The molecule has 0 aliphatic heterocycles. The molecule has 3 rings (SSSR count). The number of hydrogen-bond acceptors (Lipinski definition) is 3. The van der Waals surface area contributed by atoms with Gasteiger partial charge in [0.25, 0.3) is 0 Å². The van der Waals surface area contributed by atoms with Gasteiger partial charge in [0.2, 0.25) is 0 Å². The van der Waals surface area contributed by atoms with Crippen LogP contribution in [0.5, 0.6) is 0 Å². The van der Waals surface area contributed by atoms with Crippen LogP contribution in [0.25, 0.3) is 10.9 Å². The number of pyridine rings is 1. The highest BCUT2D eigenvalue weighted by molar-refractivity contribution is 6.18. The van der Waals surface area contributed by atoms with Crippen LogP contribution in [-0.4, -0.2) is 15.8 Å². The third-order valence-corrected chi connectivity index (χ3v) is 2.92. The van der Waals surface area contributed by atoms with E-state index in [0.717, 1.165) is 10.9 Å². The van der Waals surface area contributed by atoms with E-state index < -0.39 is 0 Å². The molecule has 3 N–H and O–H groups in total. The Hall–Kier alpha value is -2.62. The normalized spacial score (nSPS) is 10.7. The minimum Gasteiger partial charge on any atom is -0.383 e. The van der Waals surface area contributed by atoms with E-state index in [4.69, 9.17) is 5.73 Å². The summed E-state index contributed by atoms with van der Waals surface area (Å²) in [6, 6.07) is 11.1. The predicted octanol–water partition coefficient (Wildman–Crippen LogP) is 2.38. The molecule has 0 aliphatic carbocycles. The molecule has 0 atom stereocenters. The van der Waals surface area contributed by atoms with Crippen LogP contribution >= 0.6 is 0 Å². The van der Waals surface area contributed by atoms with Crippen molar-refractivity contribution in [3.8, 4) is 0 Å². The molecule has 4 nitrogen and oxygen atoms in total. The summed E-state index contributed by atoms with van der Waals surface area (Å²) in [6.07, 6.45) is 3.28. The van der Waals surface area contributed by atoms with Gasteiger partial charge in [0, 0.05) is 28.9 Å². The van der Waals surface area contributed by atoms with Gasteiger partial charge in [0.15, 0.2) is 5.78 Å². The number of nitrogens with two attached hydrogens (primary N) is 1. The number of fused-ring (bicyclic) bond motifs is 1. The van der Waals surface area contributed by atoms with Crippen molar-refractivity contribution >= 4 is 22.5 Å². The fraction of sp³-hybridized carbons (Fsp3) is 0. The Kier molecular flexibility index (Phi) is 2.34. The molecule has 0 amide bonds. The van der Waals surface area contributed by atoms with Gasteiger partial charge in [-0.1, -0.05) is 18.2 Å². The Balaban J connectivity index is 2.16. The van der Waals surface area contributed by atoms with Gasteiger partial charge in [-0.05, 0) is 18.2 Å². The average molecular weight is 237 g/mol. The fourth-order valence-electron chi connectivity index (χ4n) is 2.01. The number of ketones is 1. The van der Waals surface area contributed by atoms with Crippen LogP contribution in [0.3, 0.4) is 0 Å². The summed E-state index contributed by atoms with van der Waals surface area (Å²) in [4.78, 5) is 19.4. The molecule has 0 saturated carbocycles. The van der Waals surface area contributed by atoms with Crippen LogP contribution in [0.15, 0.2) is 48.8 Å². The van der Waals surface area contributed by atoms with Crippen LogP contribution in [0.4, 0.5) is 5.82 Å². The molecule has 0 fully saturated rings. The monoisotopic (exact) mass is 237 g/mol. The van der Waals surface area contributed by atoms with Crippen molar-refractivity contribution in [2.75, 3.05) is 5.73 Å². The average Bonchev–Trinajstić information content (AvgIpc) is 2.82. The van der Waals surface area contributed by atoms with E-state index in [-0.39, 0.29) is 11.6 Å². The number of anilines is 1. The molecule has 0 saturated heterocycles. The van der Waals surface area contributed by atoms with E-state index in [0.29, 0.717) is 11.1 Å². The Morgan fingerprint density at radius 3 is 2.78 bits per heavy atom. The molecule has 0 bridgehead atoms. The van der Waals surface area contributed by atoms with Crippen LogP contribution in [0, 0.1) is 0 Å². The lowest BCUT2D eigenvalue weighted by molar-refractivity contribution is 0.104. The highest BCUT2D eigenvalue weighted by Crippen LogP contribution is 2.22. The highest BCUT2D eigenvalue weighted by atomic mass is 16.1. The standard InChI is InChI=1S/C14H11N3O/c15-14-10(5-3-7-16-14)13(18)11-8-17-12-6-2-1-4-9(11)12/h1-8,17H,(H2,15,16). The number of nitrogen functional groups attached to an aromatic ring is 1. The number of benzene rings is 1. The second-order valence-corrected chi connectivity index (χ2v) is 4.01. The second-order valence-electron chi connectivity index (χ2n) is 4.01. The summed E-state index contributed by atoms with van der Waals surface area (Å²) in [5, 5.41) is 0.894. The zero-order valence-corrected chi connectivity index (χ0v) is 9.55. The Morgan fingerprint density at radius 1 is 1.11 bits per heavy atom. The summed E-state index contributed by atoms with van der Waals surface area (Å²) in [5.41, 5.74) is 7.71. The zero-order chi connectivity index (χ0) is 12.5. The van der Waals surface area contributed by atoms with E-state index in [1.54, 1.807) is 24.5 Å². The van der Waals surface area contributed by atoms with Crippen molar-refractivity contribution in [1.29, 1.82) is 0 Å². The van der Waals surface area contributed by atoms with Crippen molar-refractivity contribution in [3.05, 3.63) is 59.9 Å². The summed E-state index contributed by atoms with van der Waals surface area (Å²) in [6.45, 7) is 0. The minimum absolute atomic E-state index is 0.113. The topological polar surface area (TPSA) is 71.8 Å². The third kappa shape index (κ3) is 1.55. The first-order chi connectivity index (χ1) is 8.77. The number of aromatic amines is 1. The van der Waals surface area contributed by atoms with Gasteiger partial charge in [-0.15, -0.1) is 0 Å². The maximum atomic E-state index is 12.4. The Labute approximate surface area is 103 Å². The number of carbonyl (C=O) groups is 1. The van der Waals surface area contributed by atoms with Crippen LogP contribution < -0.4 is 5.73 Å². The molecular formula is C14H11N3O. The summed E-state index contributed by atoms with van der Waals surface area (Å²) in [5.74, 6) is 0.144. The van der Waals surface area contributed by atoms with Crippen molar-refractivity contribution in [2.24, 2.45) is 0 Å². The van der Waals surface area contributed by atoms with E-state index >= 15 is 0 Å². The number of carbonyl (C=O) groups excluding carboxylic acids is 1. The maximum Gasteiger partial charge on any atom is 0.198 e.